The van der Waals surface area contributed by atoms with Crippen LogP contribution in [0, 0.1) is 6.92 Å². The summed E-state index contributed by atoms with van der Waals surface area (Å²) < 4.78 is 6.14. The molecule has 25 heavy (non-hydrogen) atoms. The molecule has 4 rings (SSSR count). The highest BCUT2D eigenvalue weighted by Gasteiger charge is 2.11. The number of anilines is 2. The molecular weight excluding hydrogens is 374 g/mol. The minimum absolute atomic E-state index is 0.552. The van der Waals surface area contributed by atoms with Gasteiger partial charge in [-0.2, -0.15) is 16.3 Å². The first kappa shape index (κ1) is 16.2. The molecule has 0 aliphatic carbocycles. The molecule has 1 aromatic carbocycles. The molecule has 9 heteroatoms. The Bertz CT molecular complexity index is 964. The Morgan fingerprint density at radius 2 is 2.20 bits per heavy atom. The van der Waals surface area contributed by atoms with Crippen molar-refractivity contribution in [3.05, 3.63) is 52.5 Å². The number of aryl methyl sites for hydroxylation is 1. The Morgan fingerprint density at radius 1 is 1.24 bits per heavy atom. The van der Waals surface area contributed by atoms with Crippen LogP contribution in [0.1, 0.15) is 11.4 Å². The van der Waals surface area contributed by atoms with Gasteiger partial charge in [0.2, 0.25) is 5.13 Å². The van der Waals surface area contributed by atoms with E-state index in [-0.39, 0.29) is 0 Å². The number of rotatable bonds is 6. The minimum atomic E-state index is 0.552. The third-order valence-corrected chi connectivity index (χ3v) is 5.89. The molecule has 0 radical (unpaired) electrons. The largest absolute Gasteiger partial charge is 0.334 e. The lowest BCUT2D eigenvalue weighted by molar-refractivity contribution is 0.425. The van der Waals surface area contributed by atoms with E-state index in [1.54, 1.807) is 23.1 Å². The van der Waals surface area contributed by atoms with Gasteiger partial charge in [-0.15, -0.1) is 10.2 Å². The van der Waals surface area contributed by atoms with Crippen molar-refractivity contribution in [1.29, 1.82) is 0 Å². The lowest BCUT2D eigenvalue weighted by Crippen LogP contribution is -1.89. The molecule has 0 unspecified atom stereocenters. The molecule has 4 aromatic rings. The number of aromatic nitrogens is 4. The van der Waals surface area contributed by atoms with Crippen LogP contribution in [0.5, 0.6) is 0 Å². The van der Waals surface area contributed by atoms with Gasteiger partial charge in [0.25, 0.3) is 5.89 Å². The van der Waals surface area contributed by atoms with Crippen molar-refractivity contribution in [3.63, 3.8) is 0 Å². The second-order valence-corrected chi connectivity index (χ2v) is 8.16. The van der Waals surface area contributed by atoms with E-state index in [0.717, 1.165) is 20.7 Å². The predicted octanol–water partition coefficient (Wildman–Crippen LogP) is 4.99. The van der Waals surface area contributed by atoms with Crippen LogP contribution in [0.25, 0.3) is 11.5 Å². The summed E-state index contributed by atoms with van der Waals surface area (Å²) in [5.74, 6) is 1.79. The fraction of sp³-hybridized carbons (Fsp3) is 0.125. The third-order valence-electron chi connectivity index (χ3n) is 3.24. The van der Waals surface area contributed by atoms with E-state index in [1.807, 2.05) is 29.0 Å². The summed E-state index contributed by atoms with van der Waals surface area (Å²) in [6, 6.07) is 10.1. The van der Waals surface area contributed by atoms with Gasteiger partial charge >= 0.3 is 0 Å². The fourth-order valence-corrected chi connectivity index (χ4v) is 4.35. The molecular formula is C16H13N5OS3. The lowest BCUT2D eigenvalue weighted by atomic mass is 10.2. The molecule has 3 heterocycles. The monoisotopic (exact) mass is 387 g/mol. The molecule has 0 bridgehead atoms. The highest BCUT2D eigenvalue weighted by Crippen LogP contribution is 2.30. The van der Waals surface area contributed by atoms with E-state index in [1.165, 1.54) is 16.9 Å². The van der Waals surface area contributed by atoms with Gasteiger partial charge in [-0.25, -0.2) is 0 Å². The maximum atomic E-state index is 5.28. The lowest BCUT2D eigenvalue weighted by Gasteiger charge is -2.01. The zero-order chi connectivity index (χ0) is 17.1. The maximum absolute atomic E-state index is 5.28. The van der Waals surface area contributed by atoms with Crippen molar-refractivity contribution in [2.45, 2.75) is 17.0 Å². The van der Waals surface area contributed by atoms with Crippen molar-refractivity contribution in [2.75, 3.05) is 5.32 Å². The first-order chi connectivity index (χ1) is 12.3. The standard InChI is InChI=1S/C16H13N5OS3/c1-10-3-2-4-12(7-10)17-15-19-20-16(25-15)24-9-13-18-14(22-21-13)11-5-6-23-8-11/h2-8H,9H2,1H3,(H,17,19). The summed E-state index contributed by atoms with van der Waals surface area (Å²) in [5, 5.41) is 20.4. The number of hydrogen-bond acceptors (Lipinski definition) is 9. The summed E-state index contributed by atoms with van der Waals surface area (Å²) in [7, 11) is 0. The van der Waals surface area contributed by atoms with Gasteiger partial charge in [0.05, 0.1) is 11.3 Å². The molecule has 0 fully saturated rings. The number of benzene rings is 1. The van der Waals surface area contributed by atoms with Gasteiger partial charge in [-0.3, -0.25) is 0 Å². The van der Waals surface area contributed by atoms with Gasteiger partial charge in [-0.05, 0) is 36.1 Å². The Hall–Kier alpha value is -2.23. The van der Waals surface area contributed by atoms with Gasteiger partial charge in [-0.1, -0.05) is 40.4 Å². The summed E-state index contributed by atoms with van der Waals surface area (Å²) in [6.07, 6.45) is 0. The van der Waals surface area contributed by atoms with Gasteiger partial charge < -0.3 is 9.84 Å². The van der Waals surface area contributed by atoms with E-state index in [9.17, 15) is 0 Å². The number of thioether (sulfide) groups is 1. The summed E-state index contributed by atoms with van der Waals surface area (Å²) in [6.45, 7) is 2.06. The van der Waals surface area contributed by atoms with E-state index in [0.29, 0.717) is 17.5 Å². The normalized spacial score (nSPS) is 10.9. The van der Waals surface area contributed by atoms with Crippen molar-refractivity contribution >= 4 is 45.3 Å². The average Bonchev–Trinajstić information content (AvgIpc) is 3.34. The van der Waals surface area contributed by atoms with E-state index in [2.05, 4.69) is 44.7 Å². The van der Waals surface area contributed by atoms with Crippen LogP contribution in [0.4, 0.5) is 10.8 Å². The van der Waals surface area contributed by atoms with Crippen LogP contribution < -0.4 is 5.32 Å². The number of thiophene rings is 1. The zero-order valence-electron chi connectivity index (χ0n) is 13.2. The zero-order valence-corrected chi connectivity index (χ0v) is 15.6. The maximum Gasteiger partial charge on any atom is 0.258 e. The Morgan fingerprint density at radius 3 is 3.04 bits per heavy atom. The topological polar surface area (TPSA) is 76.7 Å². The van der Waals surface area contributed by atoms with Crippen molar-refractivity contribution in [2.24, 2.45) is 0 Å². The van der Waals surface area contributed by atoms with Crippen LogP contribution >= 0.6 is 34.4 Å². The Balaban J connectivity index is 1.37. The molecule has 0 saturated heterocycles. The number of nitrogens with zero attached hydrogens (tertiary/aromatic N) is 4. The smallest absolute Gasteiger partial charge is 0.258 e. The molecule has 6 nitrogen and oxygen atoms in total. The predicted molar refractivity (Wildman–Crippen MR) is 102 cm³/mol. The minimum Gasteiger partial charge on any atom is -0.334 e. The van der Waals surface area contributed by atoms with E-state index in [4.69, 9.17) is 4.52 Å². The van der Waals surface area contributed by atoms with Crippen LogP contribution in [0.2, 0.25) is 0 Å². The van der Waals surface area contributed by atoms with E-state index >= 15 is 0 Å². The van der Waals surface area contributed by atoms with Crippen molar-refractivity contribution in [1.82, 2.24) is 20.3 Å². The molecule has 3 aromatic heterocycles. The molecule has 126 valence electrons. The van der Waals surface area contributed by atoms with Gasteiger partial charge in [0.1, 0.15) is 0 Å². The molecule has 1 N–H and O–H groups in total. The van der Waals surface area contributed by atoms with Gasteiger partial charge in [0, 0.05) is 11.1 Å². The SMILES string of the molecule is Cc1cccc(Nc2nnc(SCc3noc(-c4ccsc4)n3)s2)c1. The molecule has 0 atom stereocenters. The van der Waals surface area contributed by atoms with Crippen LogP contribution in [-0.4, -0.2) is 20.3 Å². The summed E-state index contributed by atoms with van der Waals surface area (Å²) >= 11 is 4.65. The number of nitrogens with one attached hydrogen (secondary N) is 1. The van der Waals surface area contributed by atoms with Crippen LogP contribution in [0.3, 0.4) is 0 Å². The quantitative estimate of drug-likeness (QED) is 0.467. The Labute approximate surface area is 156 Å². The van der Waals surface area contributed by atoms with Crippen LogP contribution in [-0.2, 0) is 5.75 Å². The van der Waals surface area contributed by atoms with Crippen molar-refractivity contribution < 1.29 is 4.52 Å². The Kier molecular flexibility index (Phi) is 4.77. The van der Waals surface area contributed by atoms with Crippen LogP contribution in [0.15, 0.2) is 50.0 Å². The molecule has 0 spiro atoms. The van der Waals surface area contributed by atoms with Gasteiger partial charge in [0.15, 0.2) is 10.2 Å². The first-order valence-electron chi connectivity index (χ1n) is 7.41. The summed E-state index contributed by atoms with van der Waals surface area (Å²) in [4.78, 5) is 4.40. The molecule has 0 amide bonds. The second kappa shape index (κ2) is 7.34. The highest BCUT2D eigenvalue weighted by atomic mass is 32.2. The van der Waals surface area contributed by atoms with E-state index < -0.39 is 0 Å². The number of hydrogen-bond donors (Lipinski definition) is 1. The fourth-order valence-electron chi connectivity index (χ4n) is 2.11. The first-order valence-corrected chi connectivity index (χ1v) is 10.2. The third kappa shape index (κ3) is 4.06. The highest BCUT2D eigenvalue weighted by molar-refractivity contribution is 8.00. The van der Waals surface area contributed by atoms with Crippen molar-refractivity contribution in [3.8, 4) is 11.5 Å². The molecule has 0 saturated carbocycles. The summed E-state index contributed by atoms with van der Waals surface area (Å²) in [5.41, 5.74) is 3.16. The molecule has 0 aliphatic heterocycles. The molecule has 0 aliphatic rings. The average molecular weight is 388 g/mol. The second-order valence-electron chi connectivity index (χ2n) is 5.18.